The molecule has 3 aromatic rings. The Kier molecular flexibility index (Phi) is 7.95. The van der Waals surface area contributed by atoms with Gasteiger partial charge in [-0.1, -0.05) is 42.5 Å². The van der Waals surface area contributed by atoms with Crippen molar-refractivity contribution in [2.24, 2.45) is 0 Å². The van der Waals surface area contributed by atoms with Crippen LogP contribution in [0.2, 0.25) is 0 Å². The molecule has 0 atom stereocenters. The number of methoxy groups -OCH3 is 1. The number of carbonyl (C=O) groups is 1. The minimum absolute atomic E-state index is 0.0752. The van der Waals surface area contributed by atoms with E-state index in [1.165, 1.54) is 29.2 Å². The average molecular weight is 471 g/mol. The van der Waals surface area contributed by atoms with E-state index in [4.69, 9.17) is 4.74 Å². The normalized spacial score (nSPS) is 11.4. The second-order valence-electron chi connectivity index (χ2n) is 7.14. The number of rotatable bonds is 9. The molecule has 3 rings (SSSR count). The second kappa shape index (κ2) is 10.7. The van der Waals surface area contributed by atoms with Crippen molar-refractivity contribution >= 4 is 33.4 Å². The summed E-state index contributed by atoms with van der Waals surface area (Å²) in [7, 11) is -2.40. The number of ether oxygens (including phenoxy) is 1. The topological polar surface area (TPSA) is 75.7 Å². The molecule has 0 aliphatic carbocycles. The molecule has 3 aromatic carbocycles. The molecule has 0 unspecified atom stereocenters. The fourth-order valence-electron chi connectivity index (χ4n) is 3.27. The molecule has 1 amide bonds. The van der Waals surface area contributed by atoms with Gasteiger partial charge in [0.05, 0.1) is 24.2 Å². The predicted molar refractivity (Wildman–Crippen MR) is 129 cm³/mol. The lowest BCUT2D eigenvalue weighted by Gasteiger charge is -2.23. The van der Waals surface area contributed by atoms with Crippen LogP contribution < -0.4 is 10.1 Å². The van der Waals surface area contributed by atoms with Gasteiger partial charge in [0.15, 0.2) is 0 Å². The number of aryl methyl sites for hydroxylation is 1. The molecule has 168 valence electrons. The Morgan fingerprint density at radius 2 is 1.72 bits per heavy atom. The van der Waals surface area contributed by atoms with Crippen LogP contribution in [0, 0.1) is 6.92 Å². The van der Waals surface area contributed by atoms with Crippen molar-refractivity contribution in [1.82, 2.24) is 4.31 Å². The molecular formula is C24H26N2O4S2. The monoisotopic (exact) mass is 470 g/mol. The zero-order valence-corrected chi connectivity index (χ0v) is 19.9. The van der Waals surface area contributed by atoms with Crippen molar-refractivity contribution in [3.8, 4) is 5.75 Å². The van der Waals surface area contributed by atoms with E-state index < -0.39 is 15.9 Å². The van der Waals surface area contributed by atoms with Gasteiger partial charge in [0.25, 0.3) is 0 Å². The van der Waals surface area contributed by atoms with E-state index in [0.717, 1.165) is 10.5 Å². The van der Waals surface area contributed by atoms with Crippen molar-refractivity contribution in [2.75, 3.05) is 25.2 Å². The molecule has 0 aliphatic heterocycles. The van der Waals surface area contributed by atoms with Crippen LogP contribution in [-0.4, -0.2) is 38.5 Å². The van der Waals surface area contributed by atoms with Crippen LogP contribution in [0.25, 0.3) is 0 Å². The summed E-state index contributed by atoms with van der Waals surface area (Å²) in [5.41, 5.74) is 2.15. The summed E-state index contributed by atoms with van der Waals surface area (Å²) in [5, 5.41) is 2.85. The average Bonchev–Trinajstić information content (AvgIpc) is 2.79. The summed E-state index contributed by atoms with van der Waals surface area (Å²) in [6.45, 7) is 1.54. The molecule has 8 heteroatoms. The molecule has 6 nitrogen and oxygen atoms in total. The Hall–Kier alpha value is -2.81. The lowest BCUT2D eigenvalue weighted by Crippen LogP contribution is -2.37. The van der Waals surface area contributed by atoms with Crippen molar-refractivity contribution in [2.45, 2.75) is 23.3 Å². The van der Waals surface area contributed by atoms with Gasteiger partial charge < -0.3 is 10.1 Å². The van der Waals surface area contributed by atoms with Crippen LogP contribution in [0.3, 0.4) is 0 Å². The zero-order chi connectivity index (χ0) is 23.1. The van der Waals surface area contributed by atoms with Crippen LogP contribution in [0.1, 0.15) is 11.1 Å². The second-order valence-corrected chi connectivity index (χ2v) is 9.92. The fraction of sp³-hybridized carbons (Fsp3) is 0.208. The summed E-state index contributed by atoms with van der Waals surface area (Å²) < 4.78 is 33.4. The first-order chi connectivity index (χ1) is 15.3. The van der Waals surface area contributed by atoms with Gasteiger partial charge in [-0.05, 0) is 54.6 Å². The van der Waals surface area contributed by atoms with E-state index in [9.17, 15) is 13.2 Å². The first kappa shape index (κ1) is 23.8. The molecule has 0 spiro atoms. The first-order valence-corrected chi connectivity index (χ1v) is 12.6. The number of nitrogens with one attached hydrogen (secondary N) is 1. The maximum Gasteiger partial charge on any atom is 0.243 e. The largest absolute Gasteiger partial charge is 0.496 e. The Morgan fingerprint density at radius 3 is 2.38 bits per heavy atom. The van der Waals surface area contributed by atoms with E-state index in [1.54, 1.807) is 25.1 Å². The highest BCUT2D eigenvalue weighted by Crippen LogP contribution is 2.26. The SMILES string of the molecule is COc1ccc(S(=O)(=O)N(CC(=O)Nc2ccccc2SC)Cc2ccccc2)cc1C. The first-order valence-electron chi connectivity index (χ1n) is 9.96. The van der Waals surface area contributed by atoms with Crippen molar-refractivity contribution in [3.05, 3.63) is 83.9 Å². The summed E-state index contributed by atoms with van der Waals surface area (Å²) in [5.74, 6) is 0.196. The molecule has 0 radical (unpaired) electrons. The summed E-state index contributed by atoms with van der Waals surface area (Å²) in [6.07, 6.45) is 1.92. The summed E-state index contributed by atoms with van der Waals surface area (Å²) in [4.78, 5) is 13.9. The molecule has 0 saturated carbocycles. The van der Waals surface area contributed by atoms with Gasteiger partial charge in [0, 0.05) is 11.4 Å². The van der Waals surface area contributed by atoms with Crippen LogP contribution in [0.5, 0.6) is 5.75 Å². The molecular weight excluding hydrogens is 444 g/mol. The quantitative estimate of drug-likeness (QED) is 0.464. The number of para-hydroxylation sites is 1. The minimum Gasteiger partial charge on any atom is -0.496 e. The third kappa shape index (κ3) is 5.70. The lowest BCUT2D eigenvalue weighted by atomic mass is 10.2. The van der Waals surface area contributed by atoms with E-state index in [-0.39, 0.29) is 18.0 Å². The molecule has 0 bridgehead atoms. The van der Waals surface area contributed by atoms with E-state index in [1.807, 2.05) is 54.8 Å². The highest BCUT2D eigenvalue weighted by molar-refractivity contribution is 7.98. The highest BCUT2D eigenvalue weighted by atomic mass is 32.2. The molecule has 32 heavy (non-hydrogen) atoms. The Balaban J connectivity index is 1.91. The highest BCUT2D eigenvalue weighted by Gasteiger charge is 2.27. The number of thioether (sulfide) groups is 1. The molecule has 0 heterocycles. The van der Waals surface area contributed by atoms with Gasteiger partial charge >= 0.3 is 0 Å². The molecule has 0 fully saturated rings. The van der Waals surface area contributed by atoms with Gasteiger partial charge in [0.2, 0.25) is 15.9 Å². The molecule has 1 N–H and O–H groups in total. The lowest BCUT2D eigenvalue weighted by molar-refractivity contribution is -0.116. The minimum atomic E-state index is -3.94. The molecule has 0 aliphatic rings. The number of carbonyl (C=O) groups excluding carboxylic acids is 1. The number of nitrogens with zero attached hydrogens (tertiary/aromatic N) is 1. The van der Waals surface area contributed by atoms with Crippen molar-refractivity contribution < 1.29 is 17.9 Å². The Bertz CT molecular complexity index is 1180. The van der Waals surface area contributed by atoms with Crippen molar-refractivity contribution in [3.63, 3.8) is 0 Å². The van der Waals surface area contributed by atoms with Crippen LogP contribution >= 0.6 is 11.8 Å². The summed E-state index contributed by atoms with van der Waals surface area (Å²) in [6, 6.07) is 21.3. The maximum atomic E-state index is 13.5. The molecule has 0 aromatic heterocycles. The van der Waals surface area contributed by atoms with Crippen LogP contribution in [0.15, 0.2) is 82.6 Å². The smallest absolute Gasteiger partial charge is 0.243 e. The third-order valence-electron chi connectivity index (χ3n) is 4.91. The number of hydrogen-bond donors (Lipinski definition) is 1. The van der Waals surface area contributed by atoms with Gasteiger partial charge in [-0.25, -0.2) is 8.42 Å². The number of amides is 1. The predicted octanol–water partition coefficient (Wildman–Crippen LogP) is 4.56. The number of benzene rings is 3. The number of anilines is 1. The summed E-state index contributed by atoms with van der Waals surface area (Å²) >= 11 is 1.51. The Morgan fingerprint density at radius 1 is 1.03 bits per heavy atom. The van der Waals surface area contributed by atoms with E-state index in [0.29, 0.717) is 17.0 Å². The van der Waals surface area contributed by atoms with Gasteiger partial charge in [-0.15, -0.1) is 11.8 Å². The van der Waals surface area contributed by atoms with E-state index in [2.05, 4.69) is 5.32 Å². The fourth-order valence-corrected chi connectivity index (χ4v) is 5.29. The number of hydrogen-bond acceptors (Lipinski definition) is 5. The van der Waals surface area contributed by atoms with Crippen LogP contribution in [-0.2, 0) is 21.4 Å². The maximum absolute atomic E-state index is 13.5. The van der Waals surface area contributed by atoms with Crippen molar-refractivity contribution in [1.29, 1.82) is 0 Å². The van der Waals surface area contributed by atoms with Gasteiger partial charge in [-0.2, -0.15) is 4.31 Å². The Labute approximate surface area is 193 Å². The van der Waals surface area contributed by atoms with Gasteiger partial charge in [-0.3, -0.25) is 4.79 Å². The zero-order valence-electron chi connectivity index (χ0n) is 18.2. The standard InChI is InChI=1S/C24H26N2O4S2/c1-18-15-20(13-14-22(18)30-2)32(28,29)26(16-19-9-5-4-6-10-19)17-24(27)25-21-11-7-8-12-23(21)31-3/h4-15H,16-17H2,1-3H3,(H,25,27). The van der Waals surface area contributed by atoms with Crippen LogP contribution in [0.4, 0.5) is 5.69 Å². The van der Waals surface area contributed by atoms with Gasteiger partial charge in [0.1, 0.15) is 5.75 Å². The third-order valence-corrected chi connectivity index (χ3v) is 7.49. The number of sulfonamides is 1. The molecule has 0 saturated heterocycles. The van der Waals surface area contributed by atoms with E-state index >= 15 is 0 Å².